The SMILES string of the molecule is COCCO[Si]1(C)CCCCO1. The summed E-state index contributed by atoms with van der Waals surface area (Å²) in [6.07, 6.45) is 2.45. The van der Waals surface area contributed by atoms with Crippen molar-refractivity contribution < 1.29 is 13.6 Å². The van der Waals surface area contributed by atoms with Crippen molar-refractivity contribution >= 4 is 8.56 Å². The smallest absolute Gasteiger partial charge is 0.335 e. The summed E-state index contributed by atoms with van der Waals surface area (Å²) < 4.78 is 16.3. The predicted octanol–water partition coefficient (Wildman–Crippen LogP) is 1.53. The van der Waals surface area contributed by atoms with Gasteiger partial charge in [0.1, 0.15) is 0 Å². The maximum atomic E-state index is 5.70. The quantitative estimate of drug-likeness (QED) is 0.497. The van der Waals surface area contributed by atoms with Crippen LogP contribution in [-0.4, -0.2) is 35.5 Å². The highest BCUT2D eigenvalue weighted by Crippen LogP contribution is 2.22. The van der Waals surface area contributed by atoms with Gasteiger partial charge in [0.05, 0.1) is 13.2 Å². The molecule has 0 amide bonds. The van der Waals surface area contributed by atoms with Gasteiger partial charge in [0.25, 0.3) is 0 Å². The summed E-state index contributed by atoms with van der Waals surface area (Å²) in [6.45, 7) is 4.38. The Balaban J connectivity index is 2.17. The Morgan fingerprint density at radius 1 is 1.33 bits per heavy atom. The van der Waals surface area contributed by atoms with Crippen molar-refractivity contribution in [3.05, 3.63) is 0 Å². The molecular formula is C8H18O3Si. The summed E-state index contributed by atoms with van der Waals surface area (Å²) in [6, 6.07) is 1.14. The van der Waals surface area contributed by atoms with Crippen LogP contribution in [0.3, 0.4) is 0 Å². The van der Waals surface area contributed by atoms with Crippen molar-refractivity contribution in [3.63, 3.8) is 0 Å². The van der Waals surface area contributed by atoms with Crippen LogP contribution in [0.4, 0.5) is 0 Å². The molecule has 4 heteroatoms. The number of rotatable bonds is 4. The molecule has 72 valence electrons. The van der Waals surface area contributed by atoms with Crippen molar-refractivity contribution in [1.29, 1.82) is 0 Å². The summed E-state index contributed by atoms with van der Waals surface area (Å²) in [7, 11) is -0.0644. The molecule has 0 aromatic rings. The molecule has 1 aliphatic rings. The summed E-state index contributed by atoms with van der Waals surface area (Å²) in [4.78, 5) is 0. The average Bonchev–Trinajstić information content (AvgIpc) is 2.06. The average molecular weight is 190 g/mol. The predicted molar refractivity (Wildman–Crippen MR) is 49.4 cm³/mol. The van der Waals surface area contributed by atoms with Crippen molar-refractivity contribution in [2.24, 2.45) is 0 Å². The first-order valence-electron chi connectivity index (χ1n) is 4.54. The highest BCUT2D eigenvalue weighted by Gasteiger charge is 2.33. The standard InChI is InChI=1S/C8H18O3Si/c1-9-6-7-11-12(2)8-4-3-5-10-12/h3-8H2,1-2H3. The number of ether oxygens (including phenoxy) is 1. The van der Waals surface area contributed by atoms with Gasteiger partial charge in [-0.15, -0.1) is 0 Å². The van der Waals surface area contributed by atoms with E-state index in [-0.39, 0.29) is 0 Å². The fourth-order valence-electron chi connectivity index (χ4n) is 1.36. The first-order chi connectivity index (χ1) is 5.77. The van der Waals surface area contributed by atoms with Gasteiger partial charge in [-0.05, 0) is 25.4 Å². The fourth-order valence-corrected chi connectivity index (χ4v) is 3.72. The molecule has 1 atom stereocenters. The summed E-state index contributed by atoms with van der Waals surface area (Å²) in [5.74, 6) is 0. The molecule has 1 rings (SSSR count). The molecule has 0 bridgehead atoms. The molecule has 1 saturated heterocycles. The molecule has 1 aliphatic heterocycles. The van der Waals surface area contributed by atoms with E-state index in [1.165, 1.54) is 12.8 Å². The topological polar surface area (TPSA) is 27.7 Å². The molecule has 12 heavy (non-hydrogen) atoms. The molecule has 0 spiro atoms. The van der Waals surface area contributed by atoms with Crippen LogP contribution < -0.4 is 0 Å². The lowest BCUT2D eigenvalue weighted by Crippen LogP contribution is -2.42. The summed E-state index contributed by atoms with van der Waals surface area (Å²) >= 11 is 0. The molecular weight excluding hydrogens is 172 g/mol. The Morgan fingerprint density at radius 3 is 2.75 bits per heavy atom. The maximum Gasteiger partial charge on any atom is 0.335 e. The monoisotopic (exact) mass is 190 g/mol. The van der Waals surface area contributed by atoms with E-state index in [0.29, 0.717) is 13.2 Å². The first kappa shape index (κ1) is 10.2. The lowest BCUT2D eigenvalue weighted by molar-refractivity contribution is 0.103. The molecule has 3 nitrogen and oxygen atoms in total. The van der Waals surface area contributed by atoms with Crippen LogP contribution in [0, 0.1) is 0 Å². The molecule has 1 fully saturated rings. The lowest BCUT2D eigenvalue weighted by Gasteiger charge is -2.30. The minimum absolute atomic E-state index is 0.673. The molecule has 1 unspecified atom stereocenters. The van der Waals surface area contributed by atoms with Crippen LogP contribution in [0.15, 0.2) is 0 Å². The second kappa shape index (κ2) is 4.96. The number of hydrogen-bond acceptors (Lipinski definition) is 3. The highest BCUT2D eigenvalue weighted by molar-refractivity contribution is 6.66. The van der Waals surface area contributed by atoms with Gasteiger partial charge >= 0.3 is 8.56 Å². The third-order valence-corrected chi connectivity index (χ3v) is 5.02. The number of methoxy groups -OCH3 is 1. The lowest BCUT2D eigenvalue weighted by atomic mass is 10.4. The zero-order valence-electron chi connectivity index (χ0n) is 7.97. The molecule has 0 aromatic carbocycles. The highest BCUT2D eigenvalue weighted by atomic mass is 28.4. The molecule has 0 aromatic heterocycles. The van der Waals surface area contributed by atoms with E-state index in [4.69, 9.17) is 13.6 Å². The van der Waals surface area contributed by atoms with Crippen LogP contribution in [0.25, 0.3) is 0 Å². The van der Waals surface area contributed by atoms with Crippen LogP contribution in [-0.2, 0) is 13.6 Å². The van der Waals surface area contributed by atoms with Gasteiger partial charge in [0, 0.05) is 13.7 Å². The van der Waals surface area contributed by atoms with Gasteiger partial charge in [-0.3, -0.25) is 0 Å². The molecule has 0 radical (unpaired) electrons. The van der Waals surface area contributed by atoms with Crippen LogP contribution in [0.5, 0.6) is 0 Å². The fraction of sp³-hybridized carbons (Fsp3) is 1.00. The van der Waals surface area contributed by atoms with E-state index in [2.05, 4.69) is 6.55 Å². The second-order valence-corrected chi connectivity index (χ2v) is 6.63. The van der Waals surface area contributed by atoms with E-state index in [0.717, 1.165) is 12.7 Å². The second-order valence-electron chi connectivity index (χ2n) is 3.28. The summed E-state index contributed by atoms with van der Waals surface area (Å²) in [5, 5.41) is 0. The van der Waals surface area contributed by atoms with Crippen LogP contribution in [0.1, 0.15) is 12.8 Å². The number of hydrogen-bond donors (Lipinski definition) is 0. The third kappa shape index (κ3) is 3.22. The molecule has 1 heterocycles. The van der Waals surface area contributed by atoms with Crippen molar-refractivity contribution in [3.8, 4) is 0 Å². The Labute approximate surface area is 75.3 Å². The molecule has 0 saturated carbocycles. The van der Waals surface area contributed by atoms with Crippen molar-refractivity contribution in [2.45, 2.75) is 25.4 Å². The maximum absolute atomic E-state index is 5.70. The van der Waals surface area contributed by atoms with Gasteiger partial charge in [0.2, 0.25) is 0 Å². The van der Waals surface area contributed by atoms with Crippen LogP contribution in [0.2, 0.25) is 12.6 Å². The zero-order chi connectivity index (χ0) is 8.86. The Hall–Kier alpha value is 0.0969. The minimum Gasteiger partial charge on any atom is -0.394 e. The van der Waals surface area contributed by atoms with E-state index in [1.54, 1.807) is 7.11 Å². The van der Waals surface area contributed by atoms with Gasteiger partial charge in [-0.2, -0.15) is 0 Å². The van der Waals surface area contributed by atoms with Gasteiger partial charge in [0.15, 0.2) is 0 Å². The van der Waals surface area contributed by atoms with Gasteiger partial charge in [-0.25, -0.2) is 0 Å². The Morgan fingerprint density at radius 2 is 2.17 bits per heavy atom. The van der Waals surface area contributed by atoms with Crippen molar-refractivity contribution in [1.82, 2.24) is 0 Å². The van der Waals surface area contributed by atoms with E-state index < -0.39 is 8.56 Å². The third-order valence-electron chi connectivity index (χ3n) is 2.13. The molecule has 0 N–H and O–H groups in total. The van der Waals surface area contributed by atoms with Crippen molar-refractivity contribution in [2.75, 3.05) is 26.9 Å². The largest absolute Gasteiger partial charge is 0.394 e. The van der Waals surface area contributed by atoms with E-state index in [9.17, 15) is 0 Å². The van der Waals surface area contributed by atoms with E-state index in [1.807, 2.05) is 0 Å². The van der Waals surface area contributed by atoms with Gasteiger partial charge in [-0.1, -0.05) is 0 Å². The van der Waals surface area contributed by atoms with Crippen LogP contribution >= 0.6 is 0 Å². The normalized spacial score (nSPS) is 30.5. The minimum atomic E-state index is -1.75. The Kier molecular flexibility index (Phi) is 4.21. The first-order valence-corrected chi connectivity index (χ1v) is 7.06. The Bertz CT molecular complexity index is 123. The zero-order valence-corrected chi connectivity index (χ0v) is 8.97. The van der Waals surface area contributed by atoms with Gasteiger partial charge < -0.3 is 13.6 Å². The van der Waals surface area contributed by atoms with E-state index >= 15 is 0 Å². The molecule has 0 aliphatic carbocycles. The summed E-state index contributed by atoms with van der Waals surface area (Å²) in [5.41, 5.74) is 0.